The van der Waals surface area contributed by atoms with E-state index >= 15 is 0 Å². The maximum Gasteiger partial charge on any atom is 0.333 e. The van der Waals surface area contributed by atoms with E-state index in [0.29, 0.717) is 12.2 Å². The molecule has 1 aliphatic rings. The molecule has 1 rings (SSSR count). The average molecular weight is 198 g/mol. The molecule has 1 fully saturated rings. The second kappa shape index (κ2) is 4.60. The van der Waals surface area contributed by atoms with Gasteiger partial charge in [0.05, 0.1) is 18.8 Å². The molecule has 0 radical (unpaired) electrons. The summed E-state index contributed by atoms with van der Waals surface area (Å²) in [6.07, 6.45) is 2.89. The van der Waals surface area contributed by atoms with Crippen LogP contribution in [0, 0.1) is 0 Å². The fourth-order valence-corrected chi connectivity index (χ4v) is 1.31. The number of carbonyl (C=O) groups excluding carboxylic acids is 1. The second-order valence-electron chi connectivity index (χ2n) is 3.85. The van der Waals surface area contributed by atoms with Crippen molar-refractivity contribution >= 4 is 5.97 Å². The lowest BCUT2D eigenvalue weighted by molar-refractivity contribution is -0.139. The Kier molecular flexibility index (Phi) is 3.69. The van der Waals surface area contributed by atoms with E-state index in [9.17, 15) is 4.79 Å². The highest BCUT2D eigenvalue weighted by Gasteiger charge is 2.41. The lowest BCUT2D eigenvalue weighted by Crippen LogP contribution is -2.12. The highest BCUT2D eigenvalue weighted by molar-refractivity contribution is 5.86. The molecule has 0 aliphatic carbocycles. The minimum Gasteiger partial charge on any atom is -0.462 e. The van der Waals surface area contributed by atoms with E-state index in [2.05, 4.69) is 13.5 Å². The van der Waals surface area contributed by atoms with Crippen molar-refractivity contribution in [3.63, 3.8) is 0 Å². The molecule has 3 nitrogen and oxygen atoms in total. The maximum absolute atomic E-state index is 11.0. The Morgan fingerprint density at radius 2 is 2.29 bits per heavy atom. The van der Waals surface area contributed by atoms with Crippen LogP contribution in [0.2, 0.25) is 0 Å². The fraction of sp³-hybridized carbons (Fsp3) is 0.727. The van der Waals surface area contributed by atoms with Crippen molar-refractivity contribution in [1.29, 1.82) is 0 Å². The van der Waals surface area contributed by atoms with Gasteiger partial charge in [-0.15, -0.1) is 0 Å². The smallest absolute Gasteiger partial charge is 0.333 e. The number of hydrogen-bond acceptors (Lipinski definition) is 3. The van der Waals surface area contributed by atoms with E-state index in [0.717, 1.165) is 25.9 Å². The predicted molar refractivity (Wildman–Crippen MR) is 54.0 cm³/mol. The summed E-state index contributed by atoms with van der Waals surface area (Å²) >= 11 is 0. The first-order valence-electron chi connectivity index (χ1n) is 5.06. The van der Waals surface area contributed by atoms with Gasteiger partial charge in [0, 0.05) is 5.57 Å². The second-order valence-corrected chi connectivity index (χ2v) is 3.85. The minimum absolute atomic E-state index is 0.107. The summed E-state index contributed by atoms with van der Waals surface area (Å²) in [4.78, 5) is 11.0. The number of esters is 1. The molecule has 0 bridgehead atoms. The van der Waals surface area contributed by atoms with Gasteiger partial charge in [0.2, 0.25) is 0 Å². The van der Waals surface area contributed by atoms with Gasteiger partial charge in [0.25, 0.3) is 0 Å². The normalized spacial score (nSPS) is 24.4. The van der Waals surface area contributed by atoms with E-state index in [-0.39, 0.29) is 11.6 Å². The largest absolute Gasteiger partial charge is 0.462 e. The number of epoxide rings is 1. The molecule has 1 heterocycles. The zero-order chi connectivity index (χ0) is 10.6. The van der Waals surface area contributed by atoms with Gasteiger partial charge in [0.15, 0.2) is 0 Å². The molecule has 0 spiro atoms. The van der Waals surface area contributed by atoms with Crippen LogP contribution in [0.4, 0.5) is 0 Å². The molecule has 1 unspecified atom stereocenters. The molecule has 0 aromatic carbocycles. The molecule has 0 saturated carbocycles. The third kappa shape index (κ3) is 3.14. The van der Waals surface area contributed by atoms with Gasteiger partial charge in [-0.1, -0.05) is 13.5 Å². The molecule has 1 saturated heterocycles. The molecule has 14 heavy (non-hydrogen) atoms. The summed E-state index contributed by atoms with van der Waals surface area (Å²) in [5.41, 5.74) is 0.563. The quantitative estimate of drug-likeness (QED) is 0.284. The standard InChI is InChI=1S/C11H18O3/c1-4-11(8-14-11)6-5-7-13-10(12)9(2)3/h2,4-8H2,1,3H3. The maximum atomic E-state index is 11.0. The van der Waals surface area contributed by atoms with Crippen molar-refractivity contribution in [1.82, 2.24) is 0 Å². The topological polar surface area (TPSA) is 38.8 Å². The van der Waals surface area contributed by atoms with Crippen LogP contribution in [-0.4, -0.2) is 24.8 Å². The number of rotatable bonds is 6. The lowest BCUT2D eigenvalue weighted by Gasteiger charge is -2.08. The highest BCUT2D eigenvalue weighted by atomic mass is 16.6. The van der Waals surface area contributed by atoms with Crippen molar-refractivity contribution in [2.45, 2.75) is 38.7 Å². The molecule has 0 aromatic heterocycles. The van der Waals surface area contributed by atoms with Gasteiger partial charge in [-0.25, -0.2) is 4.79 Å². The Morgan fingerprint density at radius 3 is 2.71 bits per heavy atom. The summed E-state index contributed by atoms with van der Waals surface area (Å²) in [5.74, 6) is -0.299. The van der Waals surface area contributed by atoms with Crippen molar-refractivity contribution in [2.24, 2.45) is 0 Å². The molecule has 1 atom stereocenters. The summed E-state index contributed by atoms with van der Waals surface area (Å²) < 4.78 is 10.3. The zero-order valence-electron chi connectivity index (χ0n) is 8.97. The zero-order valence-corrected chi connectivity index (χ0v) is 8.97. The van der Waals surface area contributed by atoms with Crippen LogP contribution < -0.4 is 0 Å². The first kappa shape index (κ1) is 11.2. The SMILES string of the molecule is C=C(C)C(=O)OCCCC1(CC)CO1. The monoisotopic (exact) mass is 198 g/mol. The molecular formula is C11H18O3. The van der Waals surface area contributed by atoms with Crippen molar-refractivity contribution in [2.75, 3.05) is 13.2 Å². The van der Waals surface area contributed by atoms with Crippen LogP contribution in [0.25, 0.3) is 0 Å². The summed E-state index contributed by atoms with van der Waals surface area (Å²) in [6.45, 7) is 8.61. The summed E-state index contributed by atoms with van der Waals surface area (Å²) in [7, 11) is 0. The van der Waals surface area contributed by atoms with Crippen LogP contribution in [0.15, 0.2) is 12.2 Å². The molecular weight excluding hydrogens is 180 g/mol. The lowest BCUT2D eigenvalue weighted by atomic mass is 10.0. The molecule has 1 aliphatic heterocycles. The molecule has 3 heteroatoms. The highest BCUT2D eigenvalue weighted by Crippen LogP contribution is 2.35. The molecule has 80 valence electrons. The van der Waals surface area contributed by atoms with Crippen LogP contribution in [-0.2, 0) is 14.3 Å². The molecule has 0 amide bonds. The summed E-state index contributed by atoms with van der Waals surface area (Å²) in [6, 6.07) is 0. The Bertz CT molecular complexity index is 229. The fourth-order valence-electron chi connectivity index (χ4n) is 1.31. The van der Waals surface area contributed by atoms with E-state index < -0.39 is 0 Å². The minimum atomic E-state index is -0.299. The van der Waals surface area contributed by atoms with Crippen LogP contribution >= 0.6 is 0 Å². The van der Waals surface area contributed by atoms with Gasteiger partial charge in [0.1, 0.15) is 0 Å². The van der Waals surface area contributed by atoms with Crippen molar-refractivity contribution in [3.8, 4) is 0 Å². The van der Waals surface area contributed by atoms with Gasteiger partial charge in [-0.2, -0.15) is 0 Å². The third-order valence-corrected chi connectivity index (χ3v) is 2.56. The van der Waals surface area contributed by atoms with Crippen LogP contribution in [0.1, 0.15) is 33.1 Å². The first-order valence-corrected chi connectivity index (χ1v) is 5.06. The number of ether oxygens (including phenoxy) is 2. The molecule has 0 N–H and O–H groups in total. The van der Waals surface area contributed by atoms with Gasteiger partial charge in [-0.05, 0) is 26.2 Å². The van der Waals surface area contributed by atoms with E-state index in [1.54, 1.807) is 6.92 Å². The van der Waals surface area contributed by atoms with Crippen molar-refractivity contribution in [3.05, 3.63) is 12.2 Å². The first-order chi connectivity index (χ1) is 6.59. The number of carbonyl (C=O) groups is 1. The Morgan fingerprint density at radius 1 is 1.64 bits per heavy atom. The van der Waals surface area contributed by atoms with E-state index in [1.165, 1.54) is 0 Å². The number of hydrogen-bond donors (Lipinski definition) is 0. The summed E-state index contributed by atoms with van der Waals surface area (Å²) in [5, 5.41) is 0. The van der Waals surface area contributed by atoms with Gasteiger partial charge < -0.3 is 9.47 Å². The predicted octanol–water partition coefficient (Wildman–Crippen LogP) is 2.06. The Labute approximate surface area is 85.1 Å². The van der Waals surface area contributed by atoms with Crippen LogP contribution in [0.5, 0.6) is 0 Å². The van der Waals surface area contributed by atoms with Crippen molar-refractivity contribution < 1.29 is 14.3 Å². The Balaban J connectivity index is 2.05. The van der Waals surface area contributed by atoms with E-state index in [1.807, 2.05) is 0 Å². The molecule has 0 aromatic rings. The van der Waals surface area contributed by atoms with Gasteiger partial charge in [-0.3, -0.25) is 0 Å². The third-order valence-electron chi connectivity index (χ3n) is 2.56. The Hall–Kier alpha value is -0.830. The van der Waals surface area contributed by atoms with E-state index in [4.69, 9.17) is 9.47 Å². The van der Waals surface area contributed by atoms with Gasteiger partial charge >= 0.3 is 5.97 Å². The van der Waals surface area contributed by atoms with Crippen LogP contribution in [0.3, 0.4) is 0 Å². The average Bonchev–Trinajstić information content (AvgIpc) is 2.93.